The lowest BCUT2D eigenvalue weighted by Gasteiger charge is -2.37. The van der Waals surface area contributed by atoms with E-state index in [-0.39, 0.29) is 12.4 Å². The molecule has 4 rings (SSSR count). The zero-order chi connectivity index (χ0) is 17.2. The predicted octanol–water partition coefficient (Wildman–Crippen LogP) is 3.15. The fourth-order valence-electron chi connectivity index (χ4n) is 3.70. The summed E-state index contributed by atoms with van der Waals surface area (Å²) in [6, 6.07) is 15.2. The van der Waals surface area contributed by atoms with Gasteiger partial charge in [0.05, 0.1) is 30.5 Å². The number of rotatable bonds is 4. The van der Waals surface area contributed by atoms with Crippen LogP contribution in [0.1, 0.15) is 17.2 Å². The molecule has 1 atom stereocenters. The molecule has 0 aliphatic carbocycles. The molecule has 1 fully saturated rings. The van der Waals surface area contributed by atoms with E-state index in [1.165, 1.54) is 16.6 Å². The van der Waals surface area contributed by atoms with Crippen molar-refractivity contribution in [3.05, 3.63) is 59.9 Å². The van der Waals surface area contributed by atoms with Crippen LogP contribution < -0.4 is 10.1 Å². The topological polar surface area (TPSA) is 42.3 Å². The molecule has 0 radical (unpaired) electrons. The van der Waals surface area contributed by atoms with Crippen LogP contribution in [0, 0.1) is 0 Å². The molecular formula is C20H25ClN4O. The minimum atomic E-state index is 0. The van der Waals surface area contributed by atoms with Gasteiger partial charge in [0.2, 0.25) is 0 Å². The van der Waals surface area contributed by atoms with Crippen molar-refractivity contribution < 1.29 is 4.74 Å². The van der Waals surface area contributed by atoms with E-state index in [0.29, 0.717) is 6.04 Å². The number of benzene rings is 2. The number of fused-ring (bicyclic) bond motifs is 1. The molecule has 1 aliphatic heterocycles. The third-order valence-electron chi connectivity index (χ3n) is 5.03. The third-order valence-corrected chi connectivity index (χ3v) is 5.03. The van der Waals surface area contributed by atoms with Crippen LogP contribution in [0.5, 0.6) is 5.75 Å². The number of imidazole rings is 1. The van der Waals surface area contributed by atoms with Gasteiger partial charge in [-0.05, 0) is 23.8 Å². The number of aryl methyl sites for hydroxylation is 1. The molecule has 26 heavy (non-hydrogen) atoms. The third kappa shape index (κ3) is 3.56. The van der Waals surface area contributed by atoms with Gasteiger partial charge in [-0.2, -0.15) is 0 Å². The summed E-state index contributed by atoms with van der Waals surface area (Å²) in [7, 11) is 3.78. The van der Waals surface area contributed by atoms with E-state index >= 15 is 0 Å². The van der Waals surface area contributed by atoms with E-state index in [1.54, 1.807) is 7.11 Å². The Balaban J connectivity index is 0.00000196. The summed E-state index contributed by atoms with van der Waals surface area (Å²) in [6.07, 6.45) is 1.87. The van der Waals surface area contributed by atoms with Crippen molar-refractivity contribution in [2.45, 2.75) is 12.6 Å². The molecule has 1 saturated heterocycles. The lowest BCUT2D eigenvalue weighted by molar-refractivity contribution is 0.151. The molecule has 1 aliphatic rings. The minimum Gasteiger partial charge on any atom is -0.496 e. The number of nitrogens with zero attached hydrogens (tertiary/aromatic N) is 3. The molecule has 1 aromatic heterocycles. The molecule has 3 aromatic rings. The van der Waals surface area contributed by atoms with E-state index in [0.717, 1.165) is 37.4 Å². The first-order chi connectivity index (χ1) is 12.3. The lowest BCUT2D eigenvalue weighted by atomic mass is 10.0. The van der Waals surface area contributed by atoms with Crippen LogP contribution in [0.3, 0.4) is 0 Å². The zero-order valence-corrected chi connectivity index (χ0v) is 16.0. The molecule has 2 aromatic carbocycles. The Morgan fingerprint density at radius 2 is 2.08 bits per heavy atom. The Hall–Kier alpha value is -2.08. The van der Waals surface area contributed by atoms with Gasteiger partial charge in [0.15, 0.2) is 0 Å². The number of halogens is 1. The predicted molar refractivity (Wildman–Crippen MR) is 107 cm³/mol. The van der Waals surface area contributed by atoms with Crippen molar-refractivity contribution in [1.82, 2.24) is 19.8 Å². The number of ether oxygens (including phenoxy) is 1. The average Bonchev–Trinajstić information content (AvgIpc) is 3.02. The first-order valence-electron chi connectivity index (χ1n) is 8.74. The number of methoxy groups -OCH3 is 1. The number of hydrogen-bond donors (Lipinski definition) is 1. The van der Waals surface area contributed by atoms with E-state index in [1.807, 2.05) is 25.5 Å². The number of para-hydroxylation sites is 1. The summed E-state index contributed by atoms with van der Waals surface area (Å²) >= 11 is 0. The Bertz CT molecular complexity index is 879. The first-order valence-corrected chi connectivity index (χ1v) is 8.74. The second-order valence-electron chi connectivity index (χ2n) is 6.61. The van der Waals surface area contributed by atoms with Gasteiger partial charge in [-0.1, -0.05) is 24.3 Å². The fraction of sp³-hybridized carbons (Fsp3) is 0.350. The average molecular weight is 373 g/mol. The second-order valence-corrected chi connectivity index (χ2v) is 6.61. The van der Waals surface area contributed by atoms with E-state index in [9.17, 15) is 0 Å². The highest BCUT2D eigenvalue weighted by Crippen LogP contribution is 2.31. The van der Waals surface area contributed by atoms with Gasteiger partial charge in [-0.3, -0.25) is 4.90 Å². The van der Waals surface area contributed by atoms with Crippen molar-refractivity contribution in [3.8, 4) is 5.75 Å². The van der Waals surface area contributed by atoms with Gasteiger partial charge in [0, 0.05) is 38.8 Å². The zero-order valence-electron chi connectivity index (χ0n) is 15.2. The van der Waals surface area contributed by atoms with Crippen molar-refractivity contribution in [1.29, 1.82) is 0 Å². The normalized spacial score (nSPS) is 17.8. The van der Waals surface area contributed by atoms with Gasteiger partial charge >= 0.3 is 0 Å². The highest BCUT2D eigenvalue weighted by atomic mass is 35.5. The summed E-state index contributed by atoms with van der Waals surface area (Å²) in [5, 5.41) is 3.52. The van der Waals surface area contributed by atoms with Crippen LogP contribution in [0.15, 0.2) is 48.8 Å². The van der Waals surface area contributed by atoms with Gasteiger partial charge < -0.3 is 14.6 Å². The molecule has 1 unspecified atom stereocenters. The van der Waals surface area contributed by atoms with Crippen LogP contribution in [0.2, 0.25) is 0 Å². The summed E-state index contributed by atoms with van der Waals surface area (Å²) < 4.78 is 7.65. The second kappa shape index (κ2) is 8.08. The molecule has 0 amide bonds. The van der Waals surface area contributed by atoms with Crippen LogP contribution >= 0.6 is 12.4 Å². The summed E-state index contributed by atoms with van der Waals surface area (Å²) in [4.78, 5) is 7.01. The molecule has 0 saturated carbocycles. The summed E-state index contributed by atoms with van der Waals surface area (Å²) in [6.45, 7) is 3.88. The maximum absolute atomic E-state index is 5.59. The van der Waals surface area contributed by atoms with E-state index in [4.69, 9.17) is 4.74 Å². The number of hydrogen-bond acceptors (Lipinski definition) is 4. The maximum atomic E-state index is 5.59. The number of piperazine rings is 1. The van der Waals surface area contributed by atoms with Gasteiger partial charge in [0.25, 0.3) is 0 Å². The molecule has 1 N–H and O–H groups in total. The summed E-state index contributed by atoms with van der Waals surface area (Å²) in [5.41, 5.74) is 4.78. The fourth-order valence-corrected chi connectivity index (χ4v) is 3.70. The van der Waals surface area contributed by atoms with Crippen molar-refractivity contribution in [2.24, 2.45) is 7.05 Å². The molecule has 2 heterocycles. The molecule has 138 valence electrons. The van der Waals surface area contributed by atoms with Crippen LogP contribution in [-0.4, -0.2) is 41.2 Å². The number of aromatic nitrogens is 2. The Morgan fingerprint density at radius 1 is 1.23 bits per heavy atom. The number of nitrogens with one attached hydrogen (secondary N) is 1. The van der Waals surface area contributed by atoms with E-state index in [2.05, 4.69) is 50.1 Å². The van der Waals surface area contributed by atoms with E-state index < -0.39 is 0 Å². The maximum Gasteiger partial charge on any atom is 0.123 e. The molecule has 0 spiro atoms. The first kappa shape index (κ1) is 18.7. The van der Waals surface area contributed by atoms with Gasteiger partial charge in [-0.15, -0.1) is 12.4 Å². The van der Waals surface area contributed by atoms with Crippen molar-refractivity contribution in [3.63, 3.8) is 0 Å². The summed E-state index contributed by atoms with van der Waals surface area (Å²) in [5.74, 6) is 0.960. The Labute approximate surface area is 160 Å². The van der Waals surface area contributed by atoms with Crippen LogP contribution in [0.4, 0.5) is 0 Å². The molecule has 6 heteroatoms. The van der Waals surface area contributed by atoms with Crippen LogP contribution in [-0.2, 0) is 13.6 Å². The molecule has 5 nitrogen and oxygen atoms in total. The van der Waals surface area contributed by atoms with Crippen LogP contribution in [0.25, 0.3) is 11.0 Å². The van der Waals surface area contributed by atoms with Gasteiger partial charge in [0.1, 0.15) is 5.75 Å². The lowest BCUT2D eigenvalue weighted by Crippen LogP contribution is -2.45. The molecular weight excluding hydrogens is 348 g/mol. The standard InChI is InChI=1S/C20H24N4O.ClH/c1-23-14-22-17-11-15(7-8-18(17)23)13-24-10-9-21-12-19(24)16-5-3-4-6-20(16)25-2;/h3-8,11,14,19,21H,9-10,12-13H2,1-2H3;1H. The smallest absolute Gasteiger partial charge is 0.123 e. The van der Waals surface area contributed by atoms with Crippen molar-refractivity contribution in [2.75, 3.05) is 26.7 Å². The highest BCUT2D eigenvalue weighted by Gasteiger charge is 2.26. The quantitative estimate of drug-likeness (QED) is 0.764. The molecule has 0 bridgehead atoms. The van der Waals surface area contributed by atoms with Crippen molar-refractivity contribution >= 4 is 23.4 Å². The Kier molecular flexibility index (Phi) is 5.81. The Morgan fingerprint density at radius 3 is 2.92 bits per heavy atom. The highest BCUT2D eigenvalue weighted by molar-refractivity contribution is 5.85. The SMILES string of the molecule is COc1ccccc1C1CNCCN1Cc1ccc2c(c1)ncn2C.Cl. The largest absolute Gasteiger partial charge is 0.496 e. The van der Waals surface area contributed by atoms with Gasteiger partial charge in [-0.25, -0.2) is 4.98 Å². The minimum absolute atomic E-state index is 0. The monoisotopic (exact) mass is 372 g/mol.